The molecule has 1 saturated heterocycles. The van der Waals surface area contributed by atoms with E-state index in [1.165, 1.54) is 29.1 Å². The van der Waals surface area contributed by atoms with Crippen LogP contribution in [0.5, 0.6) is 0 Å². The van der Waals surface area contributed by atoms with Crippen LogP contribution in [0.3, 0.4) is 0 Å². The first kappa shape index (κ1) is 16.5. The molecule has 0 aliphatic carbocycles. The van der Waals surface area contributed by atoms with Crippen LogP contribution in [0, 0.1) is 13.8 Å². The number of nitrogens with one attached hydrogen (secondary N) is 1. The Balaban J connectivity index is 1.74. The lowest BCUT2D eigenvalue weighted by Crippen LogP contribution is -2.12. The van der Waals surface area contributed by atoms with E-state index >= 15 is 0 Å². The minimum absolute atomic E-state index is 0.0470. The van der Waals surface area contributed by atoms with Gasteiger partial charge < -0.3 is 5.32 Å². The molecule has 120 valence electrons. The van der Waals surface area contributed by atoms with Crippen LogP contribution in [0.4, 0.5) is 5.69 Å². The predicted molar refractivity (Wildman–Crippen MR) is 103 cm³/mol. The Hall–Kier alpha value is -1.39. The minimum Gasteiger partial charge on any atom is -0.322 e. The molecule has 0 spiro atoms. The largest absolute Gasteiger partial charge is 0.322 e. The van der Waals surface area contributed by atoms with Crippen molar-refractivity contribution in [2.75, 3.05) is 16.8 Å². The van der Waals surface area contributed by atoms with E-state index in [2.05, 4.69) is 24.4 Å². The highest BCUT2D eigenvalue weighted by Crippen LogP contribution is 2.44. The fourth-order valence-corrected chi connectivity index (χ4v) is 5.40. The van der Waals surface area contributed by atoms with E-state index in [1.807, 2.05) is 60.8 Å². The smallest absolute Gasteiger partial charge is 0.255 e. The first-order valence-electron chi connectivity index (χ1n) is 7.85. The average Bonchev–Trinajstić information content (AvgIpc) is 2.58. The minimum atomic E-state index is -0.0470. The van der Waals surface area contributed by atoms with Crippen molar-refractivity contribution in [2.45, 2.75) is 24.9 Å². The Morgan fingerprint density at radius 3 is 2.57 bits per heavy atom. The topological polar surface area (TPSA) is 29.1 Å². The molecule has 0 unspecified atom stereocenters. The summed E-state index contributed by atoms with van der Waals surface area (Å²) < 4.78 is 0.488. The number of thioether (sulfide) groups is 2. The van der Waals surface area contributed by atoms with Crippen LogP contribution in [-0.4, -0.2) is 17.4 Å². The van der Waals surface area contributed by atoms with Crippen LogP contribution in [0.15, 0.2) is 42.5 Å². The number of carbonyl (C=O) groups is 1. The number of amides is 1. The summed E-state index contributed by atoms with van der Waals surface area (Å²) in [6, 6.07) is 14.1. The second kappa shape index (κ2) is 7.45. The molecule has 0 aromatic heterocycles. The molecule has 1 N–H and O–H groups in total. The molecule has 3 rings (SSSR count). The Morgan fingerprint density at radius 1 is 1.04 bits per heavy atom. The zero-order valence-corrected chi connectivity index (χ0v) is 15.1. The van der Waals surface area contributed by atoms with E-state index in [1.54, 1.807) is 0 Å². The zero-order valence-electron chi connectivity index (χ0n) is 13.5. The maximum absolute atomic E-state index is 12.4. The zero-order chi connectivity index (χ0) is 16.2. The third-order valence-corrected chi connectivity index (χ3v) is 7.03. The molecule has 1 aliphatic heterocycles. The number of aryl methyl sites for hydroxylation is 2. The van der Waals surface area contributed by atoms with Gasteiger partial charge in [-0.1, -0.05) is 18.2 Å². The summed E-state index contributed by atoms with van der Waals surface area (Å²) in [7, 11) is 0. The van der Waals surface area contributed by atoms with Crippen LogP contribution >= 0.6 is 23.5 Å². The Kier molecular flexibility index (Phi) is 5.34. The van der Waals surface area contributed by atoms with Gasteiger partial charge in [-0.3, -0.25) is 4.79 Å². The summed E-state index contributed by atoms with van der Waals surface area (Å²) in [5, 5.41) is 3.03. The van der Waals surface area contributed by atoms with E-state index in [4.69, 9.17) is 0 Å². The standard InChI is InChI=1S/C19H21NOS2/c1-13-7-8-15(11-14(13)2)18(21)20-17-6-3-5-16(12-17)19-22-9-4-10-23-19/h3,5-8,11-12,19H,4,9-10H2,1-2H3,(H,20,21). The van der Waals surface area contributed by atoms with Gasteiger partial charge in [0.25, 0.3) is 5.91 Å². The summed E-state index contributed by atoms with van der Waals surface area (Å²) in [6.07, 6.45) is 1.29. The quantitative estimate of drug-likeness (QED) is 0.806. The maximum Gasteiger partial charge on any atom is 0.255 e. The van der Waals surface area contributed by atoms with Crippen molar-refractivity contribution in [3.8, 4) is 0 Å². The van der Waals surface area contributed by atoms with Crippen LogP contribution in [-0.2, 0) is 0 Å². The van der Waals surface area contributed by atoms with Crippen LogP contribution in [0.2, 0.25) is 0 Å². The van der Waals surface area contributed by atoms with Crippen molar-refractivity contribution in [3.05, 3.63) is 64.7 Å². The van der Waals surface area contributed by atoms with E-state index < -0.39 is 0 Å². The first-order valence-corrected chi connectivity index (χ1v) is 9.95. The lowest BCUT2D eigenvalue weighted by molar-refractivity contribution is 0.102. The molecule has 2 nitrogen and oxygen atoms in total. The maximum atomic E-state index is 12.4. The summed E-state index contributed by atoms with van der Waals surface area (Å²) >= 11 is 3.99. The normalized spacial score (nSPS) is 15.4. The van der Waals surface area contributed by atoms with E-state index in [0.29, 0.717) is 10.1 Å². The van der Waals surface area contributed by atoms with E-state index in [-0.39, 0.29) is 5.91 Å². The third kappa shape index (κ3) is 4.12. The van der Waals surface area contributed by atoms with E-state index in [0.717, 1.165) is 11.3 Å². The van der Waals surface area contributed by atoms with Crippen molar-refractivity contribution in [3.63, 3.8) is 0 Å². The van der Waals surface area contributed by atoms with Crippen molar-refractivity contribution in [1.82, 2.24) is 0 Å². The number of hydrogen-bond acceptors (Lipinski definition) is 3. The monoisotopic (exact) mass is 343 g/mol. The molecule has 1 heterocycles. The van der Waals surface area contributed by atoms with Gasteiger partial charge in [0.1, 0.15) is 0 Å². The molecule has 1 aliphatic rings. The van der Waals surface area contributed by atoms with Gasteiger partial charge in [-0.05, 0) is 72.7 Å². The lowest BCUT2D eigenvalue weighted by atomic mass is 10.1. The summed E-state index contributed by atoms with van der Waals surface area (Å²) in [6.45, 7) is 4.09. The Labute approximate surface area is 146 Å². The number of rotatable bonds is 3. The number of carbonyl (C=O) groups excluding carboxylic acids is 1. The van der Waals surface area contributed by atoms with Crippen molar-refractivity contribution >= 4 is 35.1 Å². The highest BCUT2D eigenvalue weighted by molar-refractivity contribution is 8.16. The number of hydrogen-bond donors (Lipinski definition) is 1. The molecule has 0 radical (unpaired) electrons. The van der Waals surface area contributed by atoms with Gasteiger partial charge in [-0.2, -0.15) is 0 Å². The molecule has 4 heteroatoms. The molecule has 2 aromatic carbocycles. The SMILES string of the molecule is Cc1ccc(C(=O)Nc2cccc(C3SCCCS3)c2)cc1C. The predicted octanol–water partition coefficient (Wildman–Crippen LogP) is 5.42. The number of anilines is 1. The van der Waals surface area contributed by atoms with Crippen molar-refractivity contribution in [1.29, 1.82) is 0 Å². The Bertz CT molecular complexity index is 708. The van der Waals surface area contributed by atoms with Crippen molar-refractivity contribution < 1.29 is 4.79 Å². The molecule has 0 saturated carbocycles. The highest BCUT2D eigenvalue weighted by atomic mass is 32.2. The molecule has 1 fully saturated rings. The molecule has 0 bridgehead atoms. The number of benzene rings is 2. The molecule has 2 aromatic rings. The van der Waals surface area contributed by atoms with Gasteiger partial charge in [-0.15, -0.1) is 23.5 Å². The molecular weight excluding hydrogens is 322 g/mol. The van der Waals surface area contributed by atoms with Gasteiger partial charge >= 0.3 is 0 Å². The van der Waals surface area contributed by atoms with Gasteiger partial charge in [0.05, 0.1) is 4.58 Å². The first-order chi connectivity index (χ1) is 11.1. The fourth-order valence-electron chi connectivity index (χ4n) is 2.53. The molecule has 23 heavy (non-hydrogen) atoms. The third-order valence-electron chi connectivity index (χ3n) is 4.01. The van der Waals surface area contributed by atoms with Gasteiger partial charge in [0.2, 0.25) is 0 Å². The second-order valence-corrected chi connectivity index (χ2v) is 8.53. The van der Waals surface area contributed by atoms with E-state index in [9.17, 15) is 4.79 Å². The lowest BCUT2D eigenvalue weighted by Gasteiger charge is -2.21. The average molecular weight is 344 g/mol. The summed E-state index contributed by atoms with van der Waals surface area (Å²) in [4.78, 5) is 12.4. The highest BCUT2D eigenvalue weighted by Gasteiger charge is 2.17. The van der Waals surface area contributed by atoms with Gasteiger partial charge in [0.15, 0.2) is 0 Å². The summed E-state index contributed by atoms with van der Waals surface area (Å²) in [5.74, 6) is 2.39. The van der Waals surface area contributed by atoms with Gasteiger partial charge in [0, 0.05) is 11.3 Å². The molecular formula is C19H21NOS2. The molecule has 0 atom stereocenters. The van der Waals surface area contributed by atoms with Crippen LogP contribution in [0.1, 0.15) is 38.1 Å². The van der Waals surface area contributed by atoms with Gasteiger partial charge in [-0.25, -0.2) is 0 Å². The van der Waals surface area contributed by atoms with Crippen molar-refractivity contribution in [2.24, 2.45) is 0 Å². The molecule has 1 amide bonds. The second-order valence-electron chi connectivity index (χ2n) is 5.81. The Morgan fingerprint density at radius 2 is 1.83 bits per heavy atom. The van der Waals surface area contributed by atoms with Crippen LogP contribution in [0.25, 0.3) is 0 Å². The fraction of sp³-hybridized carbons (Fsp3) is 0.316. The summed E-state index contributed by atoms with van der Waals surface area (Å²) in [5.41, 5.74) is 5.21. The van der Waals surface area contributed by atoms with Crippen LogP contribution < -0.4 is 5.32 Å².